The third-order valence-corrected chi connectivity index (χ3v) is 1.21. The van der Waals surface area contributed by atoms with Crippen LogP contribution in [0.25, 0.3) is 0 Å². The molecule has 5 nitrogen and oxygen atoms in total. The minimum absolute atomic E-state index is 0.0542. The van der Waals surface area contributed by atoms with Crippen molar-refractivity contribution < 1.29 is 19.1 Å². The second kappa shape index (κ2) is 5.54. The molecule has 0 heterocycles. The van der Waals surface area contributed by atoms with Crippen LogP contribution in [-0.4, -0.2) is 38.7 Å². The van der Waals surface area contributed by atoms with Crippen molar-refractivity contribution in [1.82, 2.24) is 5.32 Å². The number of esters is 1. The van der Waals surface area contributed by atoms with Gasteiger partial charge in [-0.3, -0.25) is 4.79 Å². The smallest absolute Gasteiger partial charge is 0.328 e. The summed E-state index contributed by atoms with van der Waals surface area (Å²) in [5.41, 5.74) is 0. The minimum atomic E-state index is -0.627. The molecule has 0 aliphatic carbocycles. The Morgan fingerprint density at radius 3 is 2.42 bits per heavy atom. The van der Waals surface area contributed by atoms with Crippen LogP contribution in [-0.2, 0) is 19.1 Å². The van der Waals surface area contributed by atoms with Crippen molar-refractivity contribution >= 4 is 11.9 Å². The summed E-state index contributed by atoms with van der Waals surface area (Å²) in [5.74, 6) is -0.810. The third kappa shape index (κ3) is 3.92. The van der Waals surface area contributed by atoms with Gasteiger partial charge in [0.2, 0.25) is 5.91 Å². The highest BCUT2D eigenvalue weighted by Gasteiger charge is 2.14. The zero-order valence-electron chi connectivity index (χ0n) is 7.42. The largest absolute Gasteiger partial charge is 0.467 e. The van der Waals surface area contributed by atoms with Crippen molar-refractivity contribution in [2.75, 3.05) is 20.8 Å². The first-order valence-electron chi connectivity index (χ1n) is 3.48. The Morgan fingerprint density at radius 2 is 2.00 bits per heavy atom. The molecule has 0 radical (unpaired) electrons. The summed E-state index contributed by atoms with van der Waals surface area (Å²) in [6.45, 7) is 1.49. The van der Waals surface area contributed by atoms with Crippen LogP contribution in [0, 0.1) is 0 Å². The summed E-state index contributed by atoms with van der Waals surface area (Å²) in [6.07, 6.45) is 0. The Kier molecular flexibility index (Phi) is 5.03. The summed E-state index contributed by atoms with van der Waals surface area (Å²) < 4.78 is 8.95. The molecule has 1 atom stereocenters. The van der Waals surface area contributed by atoms with Gasteiger partial charge in [-0.25, -0.2) is 4.79 Å². The molecule has 0 fully saturated rings. The predicted octanol–water partition coefficient (Wildman–Crippen LogP) is -0.689. The molecule has 0 rings (SSSR count). The van der Waals surface area contributed by atoms with Gasteiger partial charge in [0, 0.05) is 7.11 Å². The number of amides is 1. The molecule has 0 spiro atoms. The number of methoxy groups -OCH3 is 2. The minimum Gasteiger partial charge on any atom is -0.467 e. The first kappa shape index (κ1) is 10.9. The summed E-state index contributed by atoms with van der Waals surface area (Å²) in [4.78, 5) is 21.6. The number of hydrogen-bond donors (Lipinski definition) is 1. The van der Waals surface area contributed by atoms with E-state index in [0.29, 0.717) is 0 Å². The van der Waals surface area contributed by atoms with E-state index in [9.17, 15) is 9.59 Å². The fraction of sp³-hybridized carbons (Fsp3) is 0.714. The van der Waals surface area contributed by atoms with Gasteiger partial charge in [0.25, 0.3) is 0 Å². The van der Waals surface area contributed by atoms with Crippen LogP contribution in [0.3, 0.4) is 0 Å². The maximum Gasteiger partial charge on any atom is 0.328 e. The SMILES string of the molecule is COCC(=O)N[C@H](C)C(=O)OC. The summed E-state index contributed by atoms with van der Waals surface area (Å²) in [6, 6.07) is -0.627. The van der Waals surface area contributed by atoms with E-state index in [-0.39, 0.29) is 12.5 Å². The van der Waals surface area contributed by atoms with Crippen LogP contribution in [0.15, 0.2) is 0 Å². The Labute approximate surface area is 71.0 Å². The van der Waals surface area contributed by atoms with Crippen LogP contribution >= 0.6 is 0 Å². The number of hydrogen-bond acceptors (Lipinski definition) is 4. The van der Waals surface area contributed by atoms with E-state index in [1.807, 2.05) is 0 Å². The molecule has 0 saturated carbocycles. The number of nitrogens with one attached hydrogen (secondary N) is 1. The van der Waals surface area contributed by atoms with Crippen molar-refractivity contribution in [1.29, 1.82) is 0 Å². The highest BCUT2D eigenvalue weighted by molar-refractivity contribution is 5.84. The first-order valence-corrected chi connectivity index (χ1v) is 3.48. The highest BCUT2D eigenvalue weighted by atomic mass is 16.5. The van der Waals surface area contributed by atoms with Crippen LogP contribution in [0.2, 0.25) is 0 Å². The van der Waals surface area contributed by atoms with Gasteiger partial charge in [-0.05, 0) is 6.92 Å². The predicted molar refractivity (Wildman–Crippen MR) is 41.5 cm³/mol. The molecule has 0 bridgehead atoms. The van der Waals surface area contributed by atoms with Crippen LogP contribution in [0.5, 0.6) is 0 Å². The molecule has 0 aromatic heterocycles. The molecule has 0 aliphatic rings. The van der Waals surface area contributed by atoms with E-state index >= 15 is 0 Å². The number of carbonyl (C=O) groups excluding carboxylic acids is 2. The lowest BCUT2D eigenvalue weighted by atomic mass is 10.3. The molecule has 1 N–H and O–H groups in total. The van der Waals surface area contributed by atoms with E-state index in [1.165, 1.54) is 14.2 Å². The fourth-order valence-electron chi connectivity index (χ4n) is 0.650. The van der Waals surface area contributed by atoms with Gasteiger partial charge in [-0.15, -0.1) is 0 Å². The van der Waals surface area contributed by atoms with Crippen molar-refractivity contribution in [3.05, 3.63) is 0 Å². The van der Waals surface area contributed by atoms with Crippen molar-refractivity contribution in [2.24, 2.45) is 0 Å². The maximum atomic E-state index is 10.8. The average molecular weight is 175 g/mol. The maximum absolute atomic E-state index is 10.8. The third-order valence-electron chi connectivity index (χ3n) is 1.21. The molecule has 0 unspecified atom stereocenters. The highest BCUT2D eigenvalue weighted by Crippen LogP contribution is 1.85. The van der Waals surface area contributed by atoms with Crippen molar-refractivity contribution in [2.45, 2.75) is 13.0 Å². The van der Waals surface area contributed by atoms with Gasteiger partial charge in [0.1, 0.15) is 12.6 Å². The van der Waals surface area contributed by atoms with Crippen LogP contribution in [0.4, 0.5) is 0 Å². The average Bonchev–Trinajstić information content (AvgIpc) is 2.03. The van der Waals surface area contributed by atoms with E-state index in [0.717, 1.165) is 0 Å². The van der Waals surface area contributed by atoms with Gasteiger partial charge in [-0.2, -0.15) is 0 Å². The molecule has 0 saturated heterocycles. The fourth-order valence-corrected chi connectivity index (χ4v) is 0.650. The van der Waals surface area contributed by atoms with Gasteiger partial charge < -0.3 is 14.8 Å². The molecule has 1 amide bonds. The van der Waals surface area contributed by atoms with Gasteiger partial charge in [0.15, 0.2) is 0 Å². The topological polar surface area (TPSA) is 64.6 Å². The Balaban J connectivity index is 3.75. The molecular weight excluding hydrogens is 162 g/mol. The number of carbonyl (C=O) groups is 2. The normalized spacial score (nSPS) is 11.9. The molecule has 0 aromatic rings. The second-order valence-corrected chi connectivity index (χ2v) is 2.25. The van der Waals surface area contributed by atoms with Gasteiger partial charge in [0.05, 0.1) is 7.11 Å². The molecule has 5 heteroatoms. The van der Waals surface area contributed by atoms with E-state index in [1.54, 1.807) is 6.92 Å². The van der Waals surface area contributed by atoms with E-state index in [2.05, 4.69) is 14.8 Å². The second-order valence-electron chi connectivity index (χ2n) is 2.25. The zero-order valence-corrected chi connectivity index (χ0v) is 7.42. The van der Waals surface area contributed by atoms with Crippen molar-refractivity contribution in [3.8, 4) is 0 Å². The lowest BCUT2D eigenvalue weighted by Gasteiger charge is -2.10. The monoisotopic (exact) mass is 175 g/mol. The van der Waals surface area contributed by atoms with Crippen molar-refractivity contribution in [3.63, 3.8) is 0 Å². The molecule has 70 valence electrons. The molecule has 0 aromatic carbocycles. The molecular formula is C7H13NO4. The van der Waals surface area contributed by atoms with E-state index < -0.39 is 12.0 Å². The standard InChI is InChI=1S/C7H13NO4/c1-5(7(10)12-3)8-6(9)4-11-2/h5H,4H2,1-3H3,(H,8,9)/t5-/m1/s1. The van der Waals surface area contributed by atoms with Crippen LogP contribution < -0.4 is 5.32 Å². The summed E-state index contributed by atoms with van der Waals surface area (Å²) in [5, 5.41) is 2.39. The lowest BCUT2D eigenvalue weighted by molar-refractivity contribution is -0.144. The Hall–Kier alpha value is -1.10. The van der Waals surface area contributed by atoms with Crippen LogP contribution in [0.1, 0.15) is 6.92 Å². The summed E-state index contributed by atoms with van der Waals surface area (Å²) >= 11 is 0. The number of ether oxygens (including phenoxy) is 2. The van der Waals surface area contributed by atoms with Gasteiger partial charge in [-0.1, -0.05) is 0 Å². The first-order chi connectivity index (χ1) is 5.61. The molecule has 0 aliphatic heterocycles. The van der Waals surface area contributed by atoms with Gasteiger partial charge >= 0.3 is 5.97 Å². The Bertz CT molecular complexity index is 169. The Morgan fingerprint density at radius 1 is 1.42 bits per heavy atom. The number of rotatable bonds is 4. The summed E-state index contributed by atoms with van der Waals surface area (Å²) in [7, 11) is 2.67. The molecule has 12 heavy (non-hydrogen) atoms. The quantitative estimate of drug-likeness (QED) is 0.574. The van der Waals surface area contributed by atoms with E-state index in [4.69, 9.17) is 0 Å². The lowest BCUT2D eigenvalue weighted by Crippen LogP contribution is -2.40. The zero-order chi connectivity index (χ0) is 9.56.